The van der Waals surface area contributed by atoms with E-state index in [-0.39, 0.29) is 125 Å². The van der Waals surface area contributed by atoms with E-state index in [1.807, 2.05) is 0 Å². The van der Waals surface area contributed by atoms with Crippen LogP contribution in [0.5, 0.6) is 0 Å². The molecular formula is C12H8K2O5. The van der Waals surface area contributed by atoms with Crippen molar-refractivity contribution in [2.75, 3.05) is 0 Å². The van der Waals surface area contributed by atoms with Crippen LogP contribution in [0.1, 0.15) is 20.7 Å². The molecule has 0 heterocycles. The predicted octanol–water partition coefficient (Wildman–Crippen LogP) is -7.25. The third kappa shape index (κ3) is 4.97. The van der Waals surface area contributed by atoms with Crippen molar-refractivity contribution in [2.45, 2.75) is 0 Å². The first kappa shape index (κ1) is 22.2. The largest absolute Gasteiger partial charge is 1.00 e. The first-order chi connectivity index (χ1) is 7.61. The number of rotatable bonds is 2. The van der Waals surface area contributed by atoms with E-state index in [4.69, 9.17) is 0 Å². The monoisotopic (exact) mass is 310 g/mol. The molecule has 7 heteroatoms. The molecule has 5 nitrogen and oxygen atoms in total. The number of hydrogen-bond donors (Lipinski definition) is 0. The van der Waals surface area contributed by atoms with E-state index in [1.165, 1.54) is 24.3 Å². The zero-order valence-electron chi connectivity index (χ0n) is 10.6. The zero-order chi connectivity index (χ0) is 11.7. The maximum Gasteiger partial charge on any atom is 1.00 e. The first-order valence-electron chi connectivity index (χ1n) is 4.55. The number of aromatic carboxylic acids is 2. The van der Waals surface area contributed by atoms with Crippen molar-refractivity contribution in [2.24, 2.45) is 0 Å². The van der Waals surface area contributed by atoms with Crippen LogP contribution in [0.25, 0.3) is 10.8 Å². The molecule has 2 N–H and O–H groups in total. The van der Waals surface area contributed by atoms with E-state index < -0.39 is 11.9 Å². The van der Waals surface area contributed by atoms with Gasteiger partial charge in [-0.05, 0) is 10.8 Å². The van der Waals surface area contributed by atoms with Gasteiger partial charge in [0.15, 0.2) is 0 Å². The molecule has 88 valence electrons. The van der Waals surface area contributed by atoms with Gasteiger partial charge in [-0.25, -0.2) is 0 Å². The number of carboxylic acid groups (broad SMARTS) is 2. The molecule has 2 aromatic carbocycles. The maximum absolute atomic E-state index is 10.9. The van der Waals surface area contributed by atoms with Crippen molar-refractivity contribution in [1.82, 2.24) is 0 Å². The van der Waals surface area contributed by atoms with Crippen LogP contribution in [-0.2, 0) is 0 Å². The van der Waals surface area contributed by atoms with Gasteiger partial charge in [0.05, 0.1) is 11.9 Å². The van der Waals surface area contributed by atoms with Crippen LogP contribution in [0, 0.1) is 0 Å². The summed E-state index contributed by atoms with van der Waals surface area (Å²) in [4.78, 5) is 21.7. The summed E-state index contributed by atoms with van der Waals surface area (Å²) in [5.41, 5.74) is -0.283. The number of carbonyl (C=O) groups is 2. The summed E-state index contributed by atoms with van der Waals surface area (Å²) in [6.07, 6.45) is 0. The maximum atomic E-state index is 10.9. The molecule has 19 heavy (non-hydrogen) atoms. The Labute approximate surface area is 194 Å². The van der Waals surface area contributed by atoms with E-state index in [9.17, 15) is 19.8 Å². The predicted molar refractivity (Wildman–Crippen MR) is 56.2 cm³/mol. The van der Waals surface area contributed by atoms with E-state index in [1.54, 1.807) is 12.1 Å². The van der Waals surface area contributed by atoms with E-state index in [2.05, 4.69) is 0 Å². The van der Waals surface area contributed by atoms with Gasteiger partial charge in [0.1, 0.15) is 0 Å². The molecule has 0 spiro atoms. The third-order valence-electron chi connectivity index (χ3n) is 2.34. The summed E-state index contributed by atoms with van der Waals surface area (Å²) in [6.45, 7) is 0. The Morgan fingerprint density at radius 1 is 0.789 bits per heavy atom. The molecule has 0 unspecified atom stereocenters. The Morgan fingerprint density at radius 3 is 1.47 bits per heavy atom. The summed E-state index contributed by atoms with van der Waals surface area (Å²) in [5.74, 6) is -2.81. The number of fused-ring (bicyclic) bond motifs is 1. The summed E-state index contributed by atoms with van der Waals surface area (Å²) >= 11 is 0. The van der Waals surface area contributed by atoms with Gasteiger partial charge in [-0.15, -0.1) is 0 Å². The summed E-state index contributed by atoms with van der Waals surface area (Å²) in [7, 11) is 0. The van der Waals surface area contributed by atoms with Crippen molar-refractivity contribution < 1.29 is 128 Å². The smallest absolute Gasteiger partial charge is 0.545 e. The normalized spacial score (nSPS) is 8.63. The average Bonchev–Trinajstić information content (AvgIpc) is 2.27. The second-order valence-electron chi connectivity index (χ2n) is 3.28. The molecule has 0 atom stereocenters. The molecule has 2 aromatic rings. The van der Waals surface area contributed by atoms with E-state index >= 15 is 0 Å². The molecule has 0 aliphatic rings. The molecule has 0 amide bonds. The van der Waals surface area contributed by atoms with Gasteiger partial charge in [-0.1, -0.05) is 36.4 Å². The van der Waals surface area contributed by atoms with Crippen molar-refractivity contribution in [3.63, 3.8) is 0 Å². The molecule has 0 aromatic heterocycles. The van der Waals surface area contributed by atoms with Crippen molar-refractivity contribution in [3.05, 3.63) is 47.5 Å². The van der Waals surface area contributed by atoms with E-state index in [0.29, 0.717) is 5.39 Å². The van der Waals surface area contributed by atoms with Gasteiger partial charge in [0.2, 0.25) is 0 Å². The Bertz CT molecular complexity index is 549. The zero-order valence-corrected chi connectivity index (χ0v) is 16.8. The third-order valence-corrected chi connectivity index (χ3v) is 2.34. The number of carbonyl (C=O) groups excluding carboxylic acids is 2. The summed E-state index contributed by atoms with van der Waals surface area (Å²) < 4.78 is 0. The summed E-state index contributed by atoms with van der Waals surface area (Å²) in [5, 5.41) is 22.4. The van der Waals surface area contributed by atoms with Gasteiger partial charge in [0, 0.05) is 11.1 Å². The fraction of sp³-hybridized carbons (Fsp3) is 0. The van der Waals surface area contributed by atoms with Gasteiger partial charge < -0.3 is 25.3 Å². The van der Waals surface area contributed by atoms with Crippen LogP contribution in [-0.4, -0.2) is 17.4 Å². The Balaban J connectivity index is 0. The molecular weight excluding hydrogens is 302 g/mol. The van der Waals surface area contributed by atoms with Crippen molar-refractivity contribution in [3.8, 4) is 0 Å². The second kappa shape index (κ2) is 9.74. The molecule has 0 aliphatic carbocycles. The molecule has 0 aliphatic heterocycles. The fourth-order valence-corrected chi connectivity index (χ4v) is 1.68. The second-order valence-corrected chi connectivity index (χ2v) is 3.28. The van der Waals surface area contributed by atoms with Crippen LogP contribution in [0.3, 0.4) is 0 Å². The number of carboxylic acids is 2. The average molecular weight is 310 g/mol. The molecule has 0 saturated carbocycles. The standard InChI is InChI=1S/C12H8O4.2K.H2O/c13-11(14)8-5-1-3-7-4-2-6-9(10(7)8)12(15)16;;;/h1-6H,(H,13,14)(H,15,16);;;1H2/q;2*+1;/p-2. The molecule has 0 saturated heterocycles. The van der Waals surface area contributed by atoms with Crippen LogP contribution < -0.4 is 113 Å². The van der Waals surface area contributed by atoms with Crippen LogP contribution in [0.4, 0.5) is 0 Å². The van der Waals surface area contributed by atoms with Gasteiger partial charge in [-0.3, -0.25) is 0 Å². The first-order valence-corrected chi connectivity index (χ1v) is 4.55. The minimum atomic E-state index is -1.40. The Hall–Kier alpha value is 0.873. The molecule has 2 rings (SSSR count). The minimum absolute atomic E-state index is 0. The molecule has 0 bridgehead atoms. The van der Waals surface area contributed by atoms with Gasteiger partial charge in [-0.2, -0.15) is 0 Å². The topological polar surface area (TPSA) is 112 Å². The van der Waals surface area contributed by atoms with Gasteiger partial charge >= 0.3 is 103 Å². The Kier molecular flexibility index (Phi) is 11.4. The summed E-state index contributed by atoms with van der Waals surface area (Å²) in [6, 6.07) is 8.95. The minimum Gasteiger partial charge on any atom is -0.545 e. The molecule has 0 radical (unpaired) electrons. The SMILES string of the molecule is O.O=C([O-])c1cccc2cccc(C(=O)[O-])c12.[K+].[K+]. The van der Waals surface area contributed by atoms with Gasteiger partial charge in [0.25, 0.3) is 0 Å². The van der Waals surface area contributed by atoms with Crippen LogP contribution in [0.15, 0.2) is 36.4 Å². The van der Waals surface area contributed by atoms with Crippen LogP contribution in [0.2, 0.25) is 0 Å². The van der Waals surface area contributed by atoms with E-state index in [0.717, 1.165) is 0 Å². The van der Waals surface area contributed by atoms with Crippen molar-refractivity contribution >= 4 is 22.7 Å². The van der Waals surface area contributed by atoms with Crippen molar-refractivity contribution in [1.29, 1.82) is 0 Å². The number of hydrogen-bond acceptors (Lipinski definition) is 4. The van der Waals surface area contributed by atoms with Crippen LogP contribution >= 0.6 is 0 Å². The quantitative estimate of drug-likeness (QED) is 0.513. The molecule has 0 fully saturated rings. The Morgan fingerprint density at radius 2 is 1.16 bits per heavy atom. The fourth-order valence-electron chi connectivity index (χ4n) is 1.68. The number of benzene rings is 2.